The van der Waals surface area contributed by atoms with E-state index in [1.165, 1.54) is 16.8 Å². The van der Waals surface area contributed by atoms with Gasteiger partial charge in [-0.3, -0.25) is 4.68 Å². The van der Waals surface area contributed by atoms with Gasteiger partial charge in [0, 0.05) is 31.0 Å². The second-order valence-corrected chi connectivity index (χ2v) is 7.00. The minimum absolute atomic E-state index is 0.297. The average Bonchev–Trinajstić information content (AvgIpc) is 3.28. The summed E-state index contributed by atoms with van der Waals surface area (Å²) in [5.74, 6) is 0.836. The molecular weight excluding hydrogens is 338 g/mol. The van der Waals surface area contributed by atoms with Crippen LogP contribution in [0.3, 0.4) is 0 Å². The summed E-state index contributed by atoms with van der Waals surface area (Å²) in [7, 11) is 0. The molecule has 1 saturated heterocycles. The lowest BCUT2D eigenvalue weighted by molar-refractivity contribution is 0.114. The number of benzene rings is 1. The van der Waals surface area contributed by atoms with Crippen molar-refractivity contribution in [2.75, 3.05) is 19.7 Å². The van der Waals surface area contributed by atoms with Crippen LogP contribution in [0.15, 0.2) is 35.3 Å². The Hall–Kier alpha value is -2.34. The monoisotopic (exact) mass is 369 g/mol. The number of ether oxygens (including phenoxy) is 1. The maximum Gasteiger partial charge on any atom is 0.191 e. The number of rotatable bonds is 7. The first-order chi connectivity index (χ1) is 13.2. The molecule has 0 saturated carbocycles. The molecule has 0 bridgehead atoms. The van der Waals surface area contributed by atoms with Crippen LogP contribution in [0.4, 0.5) is 0 Å². The van der Waals surface area contributed by atoms with Gasteiger partial charge in [-0.2, -0.15) is 5.10 Å². The number of aromatic nitrogens is 2. The Morgan fingerprint density at radius 2 is 2.07 bits per heavy atom. The van der Waals surface area contributed by atoms with Crippen LogP contribution >= 0.6 is 0 Å². The third-order valence-electron chi connectivity index (χ3n) is 4.97. The van der Waals surface area contributed by atoms with Gasteiger partial charge in [0.25, 0.3) is 0 Å². The lowest BCUT2D eigenvalue weighted by Crippen LogP contribution is -2.41. The molecule has 1 fully saturated rings. The van der Waals surface area contributed by atoms with Crippen LogP contribution in [-0.2, 0) is 17.8 Å². The molecule has 1 aliphatic heterocycles. The summed E-state index contributed by atoms with van der Waals surface area (Å²) in [6.45, 7) is 10.2. The minimum atomic E-state index is 0.297. The van der Waals surface area contributed by atoms with Crippen LogP contribution in [-0.4, -0.2) is 41.5 Å². The average molecular weight is 370 g/mol. The molecule has 2 aromatic rings. The molecule has 146 valence electrons. The van der Waals surface area contributed by atoms with Crippen molar-refractivity contribution >= 4 is 5.96 Å². The predicted molar refractivity (Wildman–Crippen MR) is 109 cm³/mol. The molecule has 1 aliphatic rings. The number of hydrogen-bond acceptors (Lipinski definition) is 3. The van der Waals surface area contributed by atoms with Crippen molar-refractivity contribution in [1.29, 1.82) is 0 Å². The van der Waals surface area contributed by atoms with Gasteiger partial charge in [-0.25, -0.2) is 4.99 Å². The van der Waals surface area contributed by atoms with Gasteiger partial charge in [0.2, 0.25) is 0 Å². The van der Waals surface area contributed by atoms with Crippen LogP contribution in [0.25, 0.3) is 0 Å². The maximum atomic E-state index is 5.68. The molecule has 6 nitrogen and oxygen atoms in total. The third-order valence-corrected chi connectivity index (χ3v) is 4.97. The molecule has 6 heteroatoms. The van der Waals surface area contributed by atoms with E-state index >= 15 is 0 Å². The van der Waals surface area contributed by atoms with E-state index in [1.807, 2.05) is 6.07 Å². The molecule has 2 N–H and O–H groups in total. The number of guanidine groups is 1. The lowest BCUT2D eigenvalue weighted by Gasteiger charge is -2.14. The number of aliphatic imine (C=N–C) groups is 1. The number of nitrogens with one attached hydrogen (secondary N) is 2. The van der Waals surface area contributed by atoms with Crippen LogP contribution in [0.5, 0.6) is 0 Å². The molecule has 2 heterocycles. The molecule has 0 amide bonds. The minimum Gasteiger partial charge on any atom is -0.376 e. The Labute approximate surface area is 162 Å². The van der Waals surface area contributed by atoms with Crippen molar-refractivity contribution in [2.45, 2.75) is 52.8 Å². The van der Waals surface area contributed by atoms with E-state index in [9.17, 15) is 0 Å². The Morgan fingerprint density at radius 3 is 2.78 bits per heavy atom. The standard InChI is InChI=1S/C21H31N5O/c1-4-22-21(23-13-19-11-8-12-27-19)24-14-20-16(2)25-26(17(20)3)15-18-9-6-5-7-10-18/h5-7,9-10,19H,4,8,11-15H2,1-3H3,(H2,22,23,24). The summed E-state index contributed by atoms with van der Waals surface area (Å²) < 4.78 is 7.76. The molecule has 1 aromatic carbocycles. The van der Waals surface area contributed by atoms with Gasteiger partial charge in [0.15, 0.2) is 5.96 Å². The first-order valence-electron chi connectivity index (χ1n) is 9.88. The van der Waals surface area contributed by atoms with Crippen LogP contribution < -0.4 is 10.6 Å². The summed E-state index contributed by atoms with van der Waals surface area (Å²) >= 11 is 0. The highest BCUT2D eigenvalue weighted by atomic mass is 16.5. The summed E-state index contributed by atoms with van der Waals surface area (Å²) in [5, 5.41) is 11.4. The van der Waals surface area contributed by atoms with Crippen LogP contribution in [0, 0.1) is 13.8 Å². The van der Waals surface area contributed by atoms with Gasteiger partial charge in [-0.05, 0) is 39.2 Å². The Morgan fingerprint density at radius 1 is 1.26 bits per heavy atom. The SMILES string of the molecule is CCNC(=NCc1c(C)nn(Cc2ccccc2)c1C)NCC1CCCO1. The van der Waals surface area contributed by atoms with Crippen molar-refractivity contribution in [2.24, 2.45) is 4.99 Å². The molecule has 27 heavy (non-hydrogen) atoms. The van der Waals surface area contributed by atoms with Crippen molar-refractivity contribution < 1.29 is 4.74 Å². The molecule has 1 unspecified atom stereocenters. The van der Waals surface area contributed by atoms with E-state index in [1.54, 1.807) is 0 Å². The van der Waals surface area contributed by atoms with Crippen molar-refractivity contribution in [1.82, 2.24) is 20.4 Å². The Balaban J connectivity index is 1.66. The lowest BCUT2D eigenvalue weighted by atomic mass is 10.2. The smallest absolute Gasteiger partial charge is 0.191 e. The summed E-state index contributed by atoms with van der Waals surface area (Å²) in [5.41, 5.74) is 4.67. The van der Waals surface area contributed by atoms with E-state index in [-0.39, 0.29) is 0 Å². The van der Waals surface area contributed by atoms with Crippen LogP contribution in [0.2, 0.25) is 0 Å². The zero-order valence-electron chi connectivity index (χ0n) is 16.7. The van der Waals surface area contributed by atoms with E-state index in [2.05, 4.69) is 60.4 Å². The first-order valence-corrected chi connectivity index (χ1v) is 9.88. The Bertz CT molecular complexity index is 747. The van der Waals surface area contributed by atoms with Gasteiger partial charge >= 0.3 is 0 Å². The highest BCUT2D eigenvalue weighted by Crippen LogP contribution is 2.16. The van der Waals surface area contributed by atoms with E-state index in [4.69, 9.17) is 14.8 Å². The van der Waals surface area contributed by atoms with Gasteiger partial charge in [-0.15, -0.1) is 0 Å². The fourth-order valence-electron chi connectivity index (χ4n) is 3.39. The third kappa shape index (κ3) is 5.32. The normalized spacial score (nSPS) is 17.3. The molecule has 3 rings (SSSR count). The highest BCUT2D eigenvalue weighted by Gasteiger charge is 2.16. The first kappa shape index (κ1) is 19.4. The Kier molecular flexibility index (Phi) is 6.87. The van der Waals surface area contributed by atoms with Crippen molar-refractivity contribution in [3.63, 3.8) is 0 Å². The quantitative estimate of drug-likeness (QED) is 0.582. The van der Waals surface area contributed by atoms with Gasteiger partial charge < -0.3 is 15.4 Å². The zero-order chi connectivity index (χ0) is 19.1. The number of nitrogens with zero attached hydrogens (tertiary/aromatic N) is 3. The fourth-order valence-corrected chi connectivity index (χ4v) is 3.39. The molecule has 0 spiro atoms. The van der Waals surface area contributed by atoms with Gasteiger partial charge in [0.1, 0.15) is 0 Å². The second kappa shape index (κ2) is 9.55. The topological polar surface area (TPSA) is 63.5 Å². The molecule has 0 radical (unpaired) electrons. The maximum absolute atomic E-state index is 5.68. The number of aryl methyl sites for hydroxylation is 1. The fraction of sp³-hybridized carbons (Fsp3) is 0.524. The van der Waals surface area contributed by atoms with Crippen LogP contribution in [0.1, 0.15) is 42.3 Å². The summed E-state index contributed by atoms with van der Waals surface area (Å²) in [4.78, 5) is 4.77. The van der Waals surface area contributed by atoms with Crippen molar-refractivity contribution in [3.8, 4) is 0 Å². The molecule has 1 atom stereocenters. The summed E-state index contributed by atoms with van der Waals surface area (Å²) in [6, 6.07) is 10.4. The molecule has 1 aromatic heterocycles. The van der Waals surface area contributed by atoms with Crippen molar-refractivity contribution in [3.05, 3.63) is 52.8 Å². The second-order valence-electron chi connectivity index (χ2n) is 7.00. The van der Waals surface area contributed by atoms with Gasteiger partial charge in [0.05, 0.1) is 24.9 Å². The largest absolute Gasteiger partial charge is 0.376 e. The van der Waals surface area contributed by atoms with E-state index in [0.717, 1.165) is 50.7 Å². The summed E-state index contributed by atoms with van der Waals surface area (Å²) in [6.07, 6.45) is 2.57. The highest BCUT2D eigenvalue weighted by molar-refractivity contribution is 5.79. The molecule has 0 aliphatic carbocycles. The van der Waals surface area contributed by atoms with E-state index < -0.39 is 0 Å². The van der Waals surface area contributed by atoms with Gasteiger partial charge in [-0.1, -0.05) is 30.3 Å². The number of hydrogen-bond donors (Lipinski definition) is 2. The van der Waals surface area contributed by atoms with E-state index in [0.29, 0.717) is 12.6 Å². The predicted octanol–water partition coefficient (Wildman–Crippen LogP) is 2.78. The molecular formula is C21H31N5O. The zero-order valence-corrected chi connectivity index (χ0v) is 16.7.